The van der Waals surface area contributed by atoms with Crippen LogP contribution in [-0.4, -0.2) is 30.6 Å². The molecule has 1 saturated heterocycles. The van der Waals surface area contributed by atoms with Crippen LogP contribution in [0, 0.1) is 17.1 Å². The summed E-state index contributed by atoms with van der Waals surface area (Å²) in [6, 6.07) is 14.7. The molecule has 0 spiro atoms. The smallest absolute Gasteiger partial charge is 0.123 e. The van der Waals surface area contributed by atoms with E-state index in [1.54, 1.807) is 12.1 Å². The topological polar surface area (TPSA) is 36.3 Å². The Morgan fingerprint density at radius 1 is 1.08 bits per heavy atom. The summed E-state index contributed by atoms with van der Waals surface area (Å²) < 4.78 is 19.0. The van der Waals surface area contributed by atoms with Gasteiger partial charge in [-0.3, -0.25) is 0 Å². The van der Waals surface area contributed by atoms with E-state index in [2.05, 4.69) is 23.1 Å². The van der Waals surface area contributed by atoms with Crippen LogP contribution in [0.15, 0.2) is 42.5 Å². The number of likely N-dealkylation sites (tertiary alicyclic amines) is 1. The van der Waals surface area contributed by atoms with Crippen molar-refractivity contribution >= 4 is 0 Å². The second-order valence-corrected chi connectivity index (χ2v) is 7.33. The fourth-order valence-electron chi connectivity index (χ4n) is 4.17. The first-order valence-corrected chi connectivity index (χ1v) is 9.39. The van der Waals surface area contributed by atoms with Crippen LogP contribution in [0.5, 0.6) is 5.75 Å². The van der Waals surface area contributed by atoms with Crippen molar-refractivity contribution in [2.24, 2.45) is 0 Å². The van der Waals surface area contributed by atoms with Gasteiger partial charge in [0.15, 0.2) is 0 Å². The third-order valence-electron chi connectivity index (χ3n) is 5.61. The molecule has 1 aliphatic carbocycles. The minimum Gasteiger partial charge on any atom is -0.490 e. The Morgan fingerprint density at radius 3 is 2.58 bits per heavy atom. The Hall–Kier alpha value is -2.38. The highest BCUT2D eigenvalue weighted by molar-refractivity contribution is 5.42. The maximum atomic E-state index is 13.0. The van der Waals surface area contributed by atoms with E-state index < -0.39 is 0 Å². The van der Waals surface area contributed by atoms with Crippen LogP contribution >= 0.6 is 0 Å². The number of aryl methyl sites for hydroxylation is 1. The number of nitrogens with zero attached hydrogens (tertiary/aromatic N) is 2. The van der Waals surface area contributed by atoms with Gasteiger partial charge in [-0.1, -0.05) is 6.07 Å². The van der Waals surface area contributed by atoms with Crippen molar-refractivity contribution in [3.63, 3.8) is 0 Å². The first-order valence-electron chi connectivity index (χ1n) is 9.39. The molecule has 0 amide bonds. The molecule has 3 nitrogen and oxygen atoms in total. The van der Waals surface area contributed by atoms with E-state index in [9.17, 15) is 4.39 Å². The fourth-order valence-corrected chi connectivity index (χ4v) is 4.17. The third kappa shape index (κ3) is 3.73. The normalized spacial score (nSPS) is 20.5. The summed E-state index contributed by atoms with van der Waals surface area (Å²) in [5, 5.41) is 9.15. The highest BCUT2D eigenvalue weighted by atomic mass is 19.1. The zero-order chi connectivity index (χ0) is 17.9. The molecule has 0 saturated carbocycles. The number of fused-ring (bicyclic) bond motifs is 1. The average Bonchev–Trinajstić information content (AvgIpc) is 3.07. The van der Waals surface area contributed by atoms with Gasteiger partial charge in [0.1, 0.15) is 17.7 Å². The molecule has 4 rings (SSSR count). The number of hydrogen-bond acceptors (Lipinski definition) is 3. The summed E-state index contributed by atoms with van der Waals surface area (Å²) in [7, 11) is 0. The van der Waals surface area contributed by atoms with E-state index in [0.29, 0.717) is 5.92 Å². The number of ether oxygens (including phenoxy) is 1. The molecule has 2 aromatic carbocycles. The molecule has 2 aromatic rings. The van der Waals surface area contributed by atoms with E-state index >= 15 is 0 Å². The summed E-state index contributed by atoms with van der Waals surface area (Å²) in [4.78, 5) is 2.52. The summed E-state index contributed by atoms with van der Waals surface area (Å²) in [5.74, 6) is 1.05. The van der Waals surface area contributed by atoms with Gasteiger partial charge < -0.3 is 9.64 Å². The van der Waals surface area contributed by atoms with E-state index in [1.807, 2.05) is 6.07 Å². The zero-order valence-corrected chi connectivity index (χ0v) is 14.8. The van der Waals surface area contributed by atoms with Crippen molar-refractivity contribution in [1.82, 2.24) is 4.90 Å². The summed E-state index contributed by atoms with van der Waals surface area (Å²) >= 11 is 0. The van der Waals surface area contributed by atoms with E-state index in [4.69, 9.17) is 10.00 Å². The zero-order valence-electron chi connectivity index (χ0n) is 14.8. The maximum absolute atomic E-state index is 13.0. The van der Waals surface area contributed by atoms with Crippen LogP contribution in [0.4, 0.5) is 4.39 Å². The SMILES string of the molecule is N#Cc1ccc2c(c1)C(CN1CCC(Oc3ccc(F)cc3)CC1)CC2. The summed E-state index contributed by atoms with van der Waals surface area (Å²) in [5.41, 5.74) is 3.54. The molecule has 1 heterocycles. The lowest BCUT2D eigenvalue weighted by Crippen LogP contribution is -2.40. The van der Waals surface area contributed by atoms with Crippen molar-refractivity contribution in [2.75, 3.05) is 19.6 Å². The lowest BCUT2D eigenvalue weighted by Gasteiger charge is -2.33. The van der Waals surface area contributed by atoms with Crippen LogP contribution in [0.3, 0.4) is 0 Å². The largest absolute Gasteiger partial charge is 0.490 e. The van der Waals surface area contributed by atoms with Crippen molar-refractivity contribution in [1.29, 1.82) is 5.26 Å². The van der Waals surface area contributed by atoms with Gasteiger partial charge in [0.25, 0.3) is 0 Å². The van der Waals surface area contributed by atoms with Gasteiger partial charge in [-0.25, -0.2) is 4.39 Å². The van der Waals surface area contributed by atoms with Crippen molar-refractivity contribution in [3.05, 3.63) is 65.0 Å². The minimum absolute atomic E-state index is 0.206. The van der Waals surface area contributed by atoms with E-state index in [-0.39, 0.29) is 11.9 Å². The van der Waals surface area contributed by atoms with Gasteiger partial charge in [0.2, 0.25) is 0 Å². The van der Waals surface area contributed by atoms with Gasteiger partial charge in [-0.2, -0.15) is 5.26 Å². The predicted octanol–water partition coefficient (Wildman–Crippen LogP) is 4.27. The molecule has 2 aliphatic rings. The molecule has 0 aromatic heterocycles. The van der Waals surface area contributed by atoms with Crippen molar-refractivity contribution in [3.8, 4) is 11.8 Å². The highest BCUT2D eigenvalue weighted by Crippen LogP contribution is 2.35. The van der Waals surface area contributed by atoms with E-state index in [0.717, 1.165) is 50.2 Å². The summed E-state index contributed by atoms with van der Waals surface area (Å²) in [6.07, 6.45) is 4.49. The Bertz CT molecular complexity index is 804. The lowest BCUT2D eigenvalue weighted by atomic mass is 9.97. The molecule has 26 heavy (non-hydrogen) atoms. The molecular weight excluding hydrogens is 327 g/mol. The Balaban J connectivity index is 1.31. The molecule has 1 fully saturated rings. The first-order chi connectivity index (χ1) is 12.7. The third-order valence-corrected chi connectivity index (χ3v) is 5.61. The molecule has 1 unspecified atom stereocenters. The van der Waals surface area contributed by atoms with E-state index in [1.165, 1.54) is 29.7 Å². The summed E-state index contributed by atoms with van der Waals surface area (Å²) in [6.45, 7) is 3.11. The average molecular weight is 350 g/mol. The number of halogens is 1. The second kappa shape index (κ2) is 7.47. The molecule has 134 valence electrons. The maximum Gasteiger partial charge on any atom is 0.123 e. The van der Waals surface area contributed by atoms with Crippen molar-refractivity contribution in [2.45, 2.75) is 37.7 Å². The monoisotopic (exact) mass is 350 g/mol. The van der Waals surface area contributed by atoms with Crippen LogP contribution in [0.2, 0.25) is 0 Å². The number of benzene rings is 2. The molecular formula is C22H23FN2O. The lowest BCUT2D eigenvalue weighted by molar-refractivity contribution is 0.0969. The Morgan fingerprint density at radius 2 is 1.85 bits per heavy atom. The van der Waals surface area contributed by atoms with Crippen LogP contribution in [0.25, 0.3) is 0 Å². The molecule has 1 aliphatic heterocycles. The number of nitriles is 1. The van der Waals surface area contributed by atoms with Crippen molar-refractivity contribution < 1.29 is 9.13 Å². The number of piperidine rings is 1. The quantitative estimate of drug-likeness (QED) is 0.826. The van der Waals surface area contributed by atoms with Gasteiger partial charge >= 0.3 is 0 Å². The van der Waals surface area contributed by atoms with Gasteiger partial charge in [-0.15, -0.1) is 0 Å². The fraction of sp³-hybridized carbons (Fsp3) is 0.409. The van der Waals surface area contributed by atoms with Crippen LogP contribution < -0.4 is 4.74 Å². The number of rotatable bonds is 4. The Kier molecular flexibility index (Phi) is 4.90. The predicted molar refractivity (Wildman–Crippen MR) is 98.7 cm³/mol. The van der Waals surface area contributed by atoms with Crippen LogP contribution in [-0.2, 0) is 6.42 Å². The van der Waals surface area contributed by atoms with Crippen LogP contribution in [0.1, 0.15) is 41.9 Å². The molecule has 0 radical (unpaired) electrons. The molecule has 1 atom stereocenters. The minimum atomic E-state index is -0.233. The molecule has 4 heteroatoms. The van der Waals surface area contributed by atoms with Gasteiger partial charge in [-0.05, 0) is 79.1 Å². The second-order valence-electron chi connectivity index (χ2n) is 7.33. The van der Waals surface area contributed by atoms with Gasteiger partial charge in [0, 0.05) is 19.6 Å². The Labute approximate surface area is 154 Å². The standard InChI is InChI=1S/C22H23FN2O/c23-19-5-7-20(8-6-19)26-21-9-11-25(12-10-21)15-18-4-3-17-2-1-16(14-24)13-22(17)18/h1-2,5-8,13,18,21H,3-4,9-12,15H2. The van der Waals surface area contributed by atoms with Gasteiger partial charge in [0.05, 0.1) is 11.6 Å². The highest BCUT2D eigenvalue weighted by Gasteiger charge is 2.27. The number of hydrogen-bond donors (Lipinski definition) is 0. The molecule has 0 N–H and O–H groups in total. The first kappa shape index (κ1) is 17.1. The molecule has 0 bridgehead atoms.